The number of sulfonamides is 1. The molecule has 0 spiro atoms. The Kier molecular flexibility index (Phi) is 4.49. The molecule has 1 aromatic heterocycles. The van der Waals surface area contributed by atoms with Crippen molar-refractivity contribution < 1.29 is 8.42 Å². The molecule has 0 saturated carbocycles. The maximum atomic E-state index is 12.4. The number of anilines is 1. The van der Waals surface area contributed by atoms with Crippen LogP contribution in [0.2, 0.25) is 5.02 Å². The van der Waals surface area contributed by atoms with Gasteiger partial charge in [-0.15, -0.1) is 6.58 Å². The topological polar surface area (TPSA) is 68.2 Å². The molecule has 0 bridgehead atoms. The molecule has 0 unspecified atom stereocenters. The van der Waals surface area contributed by atoms with Crippen LogP contribution in [0, 0.1) is 0 Å². The zero-order chi connectivity index (χ0) is 17.3. The Balaban J connectivity index is 1.97. The molecule has 0 amide bonds. The van der Waals surface area contributed by atoms with Gasteiger partial charge in [-0.2, -0.15) is 0 Å². The van der Waals surface area contributed by atoms with E-state index in [1.54, 1.807) is 28.8 Å². The lowest BCUT2D eigenvalue weighted by molar-refractivity contribution is 0.601. The van der Waals surface area contributed by atoms with E-state index in [0.717, 1.165) is 16.9 Å². The van der Waals surface area contributed by atoms with Gasteiger partial charge in [-0.05, 0) is 42.5 Å². The maximum Gasteiger partial charge on any atom is 0.308 e. The van der Waals surface area contributed by atoms with Crippen LogP contribution in [-0.4, -0.2) is 13.0 Å². The third-order valence-electron chi connectivity index (χ3n) is 3.36. The summed E-state index contributed by atoms with van der Waals surface area (Å²) >= 11 is 6.84. The summed E-state index contributed by atoms with van der Waals surface area (Å²) in [6, 6.07) is 10.9. The number of fused-ring (bicyclic) bond motifs is 1. The van der Waals surface area contributed by atoms with E-state index in [1.165, 1.54) is 24.3 Å². The van der Waals surface area contributed by atoms with Gasteiger partial charge >= 0.3 is 4.87 Å². The third kappa shape index (κ3) is 3.24. The van der Waals surface area contributed by atoms with E-state index in [-0.39, 0.29) is 9.77 Å². The average molecular weight is 381 g/mol. The molecular formula is C16H13ClN2O3S2. The second kappa shape index (κ2) is 6.43. The Hall–Kier alpha value is -2.09. The van der Waals surface area contributed by atoms with E-state index in [9.17, 15) is 13.2 Å². The Morgan fingerprint density at radius 3 is 2.58 bits per heavy atom. The van der Waals surface area contributed by atoms with Crippen LogP contribution in [0.4, 0.5) is 5.69 Å². The minimum atomic E-state index is -3.72. The molecule has 0 aliphatic heterocycles. The molecule has 3 rings (SSSR count). The summed E-state index contributed by atoms with van der Waals surface area (Å²) in [7, 11) is -3.72. The van der Waals surface area contributed by atoms with Crippen LogP contribution in [-0.2, 0) is 16.6 Å². The highest BCUT2D eigenvalue weighted by Crippen LogP contribution is 2.24. The molecule has 0 radical (unpaired) electrons. The van der Waals surface area contributed by atoms with Crippen molar-refractivity contribution in [3.63, 3.8) is 0 Å². The summed E-state index contributed by atoms with van der Waals surface area (Å²) in [5, 5.41) is 0.462. The number of allylic oxidation sites excluding steroid dienone is 1. The number of nitrogens with one attached hydrogen (secondary N) is 1. The molecular weight excluding hydrogens is 368 g/mol. The zero-order valence-electron chi connectivity index (χ0n) is 12.4. The van der Waals surface area contributed by atoms with Crippen molar-refractivity contribution in [3.05, 3.63) is 69.8 Å². The first-order chi connectivity index (χ1) is 11.4. The van der Waals surface area contributed by atoms with Crippen molar-refractivity contribution in [2.75, 3.05) is 4.72 Å². The van der Waals surface area contributed by atoms with Gasteiger partial charge in [0.15, 0.2) is 0 Å². The number of hydrogen-bond acceptors (Lipinski definition) is 4. The monoisotopic (exact) mass is 380 g/mol. The summed E-state index contributed by atoms with van der Waals surface area (Å²) in [5.74, 6) is 0. The van der Waals surface area contributed by atoms with Crippen LogP contribution in [0.25, 0.3) is 10.2 Å². The number of halogens is 1. The second-order valence-corrected chi connectivity index (χ2v) is 8.12. The molecule has 0 saturated heterocycles. The van der Waals surface area contributed by atoms with Crippen LogP contribution >= 0.6 is 22.9 Å². The minimum absolute atomic E-state index is 0.109. The average Bonchev–Trinajstić information content (AvgIpc) is 2.83. The summed E-state index contributed by atoms with van der Waals surface area (Å²) in [5.41, 5.74) is 1.14. The van der Waals surface area contributed by atoms with Crippen LogP contribution in [0.1, 0.15) is 0 Å². The minimum Gasteiger partial charge on any atom is -0.295 e. The van der Waals surface area contributed by atoms with E-state index in [4.69, 9.17) is 11.6 Å². The summed E-state index contributed by atoms with van der Waals surface area (Å²) in [6.07, 6.45) is 1.64. The fourth-order valence-electron chi connectivity index (χ4n) is 2.26. The Morgan fingerprint density at radius 2 is 1.92 bits per heavy atom. The van der Waals surface area contributed by atoms with E-state index < -0.39 is 10.0 Å². The Labute approximate surface area is 147 Å². The van der Waals surface area contributed by atoms with Gasteiger partial charge in [0.2, 0.25) is 0 Å². The summed E-state index contributed by atoms with van der Waals surface area (Å²) in [6.45, 7) is 4.04. The number of benzene rings is 2. The quantitative estimate of drug-likeness (QED) is 0.686. The highest BCUT2D eigenvalue weighted by atomic mass is 35.5. The maximum absolute atomic E-state index is 12.4. The standard InChI is InChI=1S/C16H13ClN2O3S2/c1-2-9-19-14-8-5-12(10-15(14)23-16(19)20)18-24(21,22)13-6-3-11(17)4-7-13/h2-8,10,18H,1,9H2. The van der Waals surface area contributed by atoms with E-state index in [1.807, 2.05) is 0 Å². The van der Waals surface area contributed by atoms with Gasteiger partial charge < -0.3 is 0 Å². The van der Waals surface area contributed by atoms with Crippen molar-refractivity contribution in [1.82, 2.24) is 4.57 Å². The van der Waals surface area contributed by atoms with Gasteiger partial charge in [0.1, 0.15) is 0 Å². The van der Waals surface area contributed by atoms with Crippen molar-refractivity contribution in [2.24, 2.45) is 0 Å². The van der Waals surface area contributed by atoms with Crippen LogP contribution in [0.3, 0.4) is 0 Å². The molecule has 124 valence electrons. The van der Waals surface area contributed by atoms with Gasteiger partial charge in [0.05, 0.1) is 20.8 Å². The molecule has 24 heavy (non-hydrogen) atoms. The zero-order valence-corrected chi connectivity index (χ0v) is 14.8. The van der Waals surface area contributed by atoms with Crippen molar-refractivity contribution >= 4 is 48.9 Å². The third-order valence-corrected chi connectivity index (χ3v) is 5.95. The lowest BCUT2D eigenvalue weighted by atomic mass is 10.3. The lowest BCUT2D eigenvalue weighted by Crippen LogP contribution is -2.13. The van der Waals surface area contributed by atoms with Crippen LogP contribution in [0.5, 0.6) is 0 Å². The summed E-state index contributed by atoms with van der Waals surface area (Å²) in [4.78, 5) is 12.0. The number of thiazole rings is 1. The normalized spacial score (nSPS) is 11.5. The van der Waals surface area contributed by atoms with E-state index >= 15 is 0 Å². The molecule has 0 aliphatic carbocycles. The van der Waals surface area contributed by atoms with Crippen molar-refractivity contribution in [2.45, 2.75) is 11.4 Å². The number of aromatic nitrogens is 1. The van der Waals surface area contributed by atoms with Gasteiger partial charge in [-0.1, -0.05) is 29.0 Å². The van der Waals surface area contributed by atoms with Crippen molar-refractivity contribution in [1.29, 1.82) is 0 Å². The highest BCUT2D eigenvalue weighted by Gasteiger charge is 2.15. The molecule has 0 fully saturated rings. The van der Waals surface area contributed by atoms with Crippen molar-refractivity contribution in [3.8, 4) is 0 Å². The molecule has 1 heterocycles. The SMILES string of the molecule is C=CCn1c(=O)sc2cc(NS(=O)(=O)c3ccc(Cl)cc3)ccc21. The Bertz CT molecular complexity index is 1070. The number of hydrogen-bond donors (Lipinski definition) is 1. The molecule has 3 aromatic rings. The first-order valence-electron chi connectivity index (χ1n) is 6.93. The van der Waals surface area contributed by atoms with E-state index in [2.05, 4.69) is 11.3 Å². The molecule has 2 aromatic carbocycles. The van der Waals surface area contributed by atoms with Crippen LogP contribution in [0.15, 0.2) is 64.8 Å². The predicted molar refractivity (Wildman–Crippen MR) is 98.5 cm³/mol. The van der Waals surface area contributed by atoms with Gasteiger partial charge in [0, 0.05) is 11.6 Å². The number of nitrogens with zero attached hydrogens (tertiary/aromatic N) is 1. The molecule has 5 nitrogen and oxygen atoms in total. The molecule has 0 aliphatic rings. The molecule has 1 N–H and O–H groups in total. The number of rotatable bonds is 5. The predicted octanol–water partition coefficient (Wildman–Crippen LogP) is 3.70. The van der Waals surface area contributed by atoms with Gasteiger partial charge in [0.25, 0.3) is 10.0 Å². The highest BCUT2D eigenvalue weighted by molar-refractivity contribution is 7.92. The Morgan fingerprint density at radius 1 is 1.21 bits per heavy atom. The first kappa shape index (κ1) is 16.8. The molecule has 8 heteroatoms. The smallest absolute Gasteiger partial charge is 0.295 e. The largest absolute Gasteiger partial charge is 0.308 e. The van der Waals surface area contributed by atoms with Gasteiger partial charge in [-0.3, -0.25) is 14.1 Å². The second-order valence-electron chi connectivity index (χ2n) is 5.01. The molecule has 0 atom stereocenters. The first-order valence-corrected chi connectivity index (χ1v) is 9.61. The fourth-order valence-corrected chi connectivity index (χ4v) is 4.38. The van der Waals surface area contributed by atoms with E-state index in [0.29, 0.717) is 22.0 Å². The van der Waals surface area contributed by atoms with Crippen LogP contribution < -0.4 is 9.60 Å². The fraction of sp³-hybridized carbons (Fsp3) is 0.0625. The lowest BCUT2D eigenvalue weighted by Gasteiger charge is -2.08. The summed E-state index contributed by atoms with van der Waals surface area (Å²) < 4.78 is 29.6. The van der Waals surface area contributed by atoms with Gasteiger partial charge in [-0.25, -0.2) is 8.42 Å².